The van der Waals surface area contributed by atoms with E-state index in [1.54, 1.807) is 0 Å². The highest BCUT2D eigenvalue weighted by atomic mass is 15.2. The molecule has 2 saturated heterocycles. The average molecular weight is 220 g/mol. The summed E-state index contributed by atoms with van der Waals surface area (Å²) in [5, 5.41) is 9.02. The normalized spacial score (nSPS) is 35.9. The molecule has 0 aromatic carbocycles. The van der Waals surface area contributed by atoms with Crippen molar-refractivity contribution in [3.8, 4) is 6.07 Å². The van der Waals surface area contributed by atoms with E-state index in [-0.39, 0.29) is 5.92 Å². The van der Waals surface area contributed by atoms with Gasteiger partial charge in [-0.25, -0.2) is 0 Å². The van der Waals surface area contributed by atoms with E-state index in [0.29, 0.717) is 5.92 Å². The zero-order valence-corrected chi connectivity index (χ0v) is 10.7. The van der Waals surface area contributed by atoms with Crippen molar-refractivity contribution in [1.82, 2.24) is 4.90 Å². The number of fused-ring (bicyclic) bond motifs is 2. The molecule has 2 heteroatoms. The van der Waals surface area contributed by atoms with Crippen LogP contribution in [0, 0.1) is 23.2 Å². The molecule has 3 atom stereocenters. The van der Waals surface area contributed by atoms with Crippen LogP contribution in [0.4, 0.5) is 0 Å². The monoisotopic (exact) mass is 220 g/mol. The zero-order chi connectivity index (χ0) is 11.5. The van der Waals surface area contributed by atoms with Gasteiger partial charge in [-0.05, 0) is 51.5 Å². The molecule has 2 heterocycles. The van der Waals surface area contributed by atoms with Gasteiger partial charge in [0, 0.05) is 18.0 Å². The Balaban J connectivity index is 1.93. The third-order valence-corrected chi connectivity index (χ3v) is 4.60. The van der Waals surface area contributed by atoms with Gasteiger partial charge in [0.2, 0.25) is 0 Å². The van der Waals surface area contributed by atoms with Gasteiger partial charge < -0.3 is 0 Å². The fourth-order valence-corrected chi connectivity index (χ4v) is 3.54. The van der Waals surface area contributed by atoms with Crippen LogP contribution in [-0.2, 0) is 0 Å². The van der Waals surface area contributed by atoms with E-state index in [0.717, 1.165) is 12.1 Å². The van der Waals surface area contributed by atoms with Crippen LogP contribution in [0.5, 0.6) is 0 Å². The number of nitrogens with zero attached hydrogens (tertiary/aromatic N) is 2. The van der Waals surface area contributed by atoms with E-state index in [1.807, 2.05) is 0 Å². The van der Waals surface area contributed by atoms with Crippen molar-refractivity contribution in [2.75, 3.05) is 6.54 Å². The third kappa shape index (κ3) is 2.25. The van der Waals surface area contributed by atoms with Crippen LogP contribution in [0.3, 0.4) is 0 Å². The summed E-state index contributed by atoms with van der Waals surface area (Å²) in [6.45, 7) is 5.66. The number of rotatable bonds is 4. The van der Waals surface area contributed by atoms with Crippen molar-refractivity contribution in [1.29, 1.82) is 5.26 Å². The quantitative estimate of drug-likeness (QED) is 0.727. The van der Waals surface area contributed by atoms with E-state index in [4.69, 9.17) is 5.26 Å². The first kappa shape index (κ1) is 11.9. The minimum atomic E-state index is 0.261. The summed E-state index contributed by atoms with van der Waals surface area (Å²) in [5.74, 6) is 0.928. The van der Waals surface area contributed by atoms with Gasteiger partial charge in [-0.1, -0.05) is 13.3 Å². The van der Waals surface area contributed by atoms with Crippen molar-refractivity contribution >= 4 is 0 Å². The molecule has 2 rings (SSSR count). The highest BCUT2D eigenvalue weighted by molar-refractivity contribution is 4.99. The molecule has 2 bridgehead atoms. The molecule has 3 unspecified atom stereocenters. The molecular formula is C14H24N2. The standard InChI is InChI=1S/C14H24N2/c1-3-4-7-16-13-5-6-14(16)9-12(8-13)11(2)10-15/h11-14H,3-9H2,1-2H3. The predicted molar refractivity (Wildman–Crippen MR) is 65.9 cm³/mol. The van der Waals surface area contributed by atoms with Gasteiger partial charge in [0.25, 0.3) is 0 Å². The number of nitriles is 1. The summed E-state index contributed by atoms with van der Waals surface area (Å²) >= 11 is 0. The largest absolute Gasteiger partial charge is 0.297 e. The van der Waals surface area contributed by atoms with Crippen LogP contribution in [-0.4, -0.2) is 23.5 Å². The van der Waals surface area contributed by atoms with E-state index in [9.17, 15) is 0 Å². The van der Waals surface area contributed by atoms with Crippen molar-refractivity contribution in [2.24, 2.45) is 11.8 Å². The van der Waals surface area contributed by atoms with Crippen LogP contribution >= 0.6 is 0 Å². The number of hydrogen-bond donors (Lipinski definition) is 0. The second kappa shape index (κ2) is 5.19. The van der Waals surface area contributed by atoms with Crippen LogP contribution in [0.25, 0.3) is 0 Å². The van der Waals surface area contributed by atoms with Crippen LogP contribution in [0.15, 0.2) is 0 Å². The third-order valence-electron chi connectivity index (χ3n) is 4.60. The van der Waals surface area contributed by atoms with Crippen molar-refractivity contribution in [3.05, 3.63) is 0 Å². The van der Waals surface area contributed by atoms with Gasteiger partial charge in [0.1, 0.15) is 0 Å². The molecule has 16 heavy (non-hydrogen) atoms. The Morgan fingerprint density at radius 2 is 1.94 bits per heavy atom. The maximum Gasteiger partial charge on any atom is 0.0655 e. The first-order valence-corrected chi connectivity index (χ1v) is 6.91. The molecule has 0 spiro atoms. The fourth-order valence-electron chi connectivity index (χ4n) is 3.54. The molecule has 0 radical (unpaired) electrons. The Morgan fingerprint density at radius 3 is 2.44 bits per heavy atom. The molecule has 0 saturated carbocycles. The Labute approximate surface area is 99.6 Å². The number of piperidine rings is 1. The van der Waals surface area contributed by atoms with Crippen molar-refractivity contribution in [3.63, 3.8) is 0 Å². The fraction of sp³-hybridized carbons (Fsp3) is 0.929. The molecule has 0 aromatic rings. The van der Waals surface area contributed by atoms with E-state index < -0.39 is 0 Å². The van der Waals surface area contributed by atoms with Crippen LogP contribution in [0.1, 0.15) is 52.4 Å². The molecule has 2 nitrogen and oxygen atoms in total. The molecule has 0 aliphatic carbocycles. The molecule has 2 aliphatic heterocycles. The molecule has 2 aliphatic rings. The summed E-state index contributed by atoms with van der Waals surface area (Å²) in [5.41, 5.74) is 0. The first-order chi connectivity index (χ1) is 7.76. The van der Waals surface area contributed by atoms with Crippen LogP contribution in [0.2, 0.25) is 0 Å². The molecule has 2 fully saturated rings. The van der Waals surface area contributed by atoms with Crippen LogP contribution < -0.4 is 0 Å². The Kier molecular flexibility index (Phi) is 3.86. The van der Waals surface area contributed by atoms with Crippen molar-refractivity contribution < 1.29 is 0 Å². The summed E-state index contributed by atoms with van der Waals surface area (Å²) in [6.07, 6.45) is 7.94. The molecule has 0 N–H and O–H groups in total. The first-order valence-electron chi connectivity index (χ1n) is 6.91. The summed E-state index contributed by atoms with van der Waals surface area (Å²) < 4.78 is 0. The number of hydrogen-bond acceptors (Lipinski definition) is 2. The topological polar surface area (TPSA) is 27.0 Å². The smallest absolute Gasteiger partial charge is 0.0655 e. The van der Waals surface area contributed by atoms with Gasteiger partial charge in [0.05, 0.1) is 6.07 Å². The average Bonchev–Trinajstić information content (AvgIpc) is 2.54. The van der Waals surface area contributed by atoms with Gasteiger partial charge in [-0.15, -0.1) is 0 Å². The highest BCUT2D eigenvalue weighted by Gasteiger charge is 2.41. The lowest BCUT2D eigenvalue weighted by Crippen LogP contribution is -2.44. The SMILES string of the molecule is CCCCN1C2CCC1CC(C(C)C#N)C2. The molecule has 0 amide bonds. The minimum Gasteiger partial charge on any atom is -0.297 e. The summed E-state index contributed by atoms with van der Waals surface area (Å²) in [6, 6.07) is 4.04. The molecular weight excluding hydrogens is 196 g/mol. The lowest BCUT2D eigenvalue weighted by Gasteiger charge is -2.39. The summed E-state index contributed by atoms with van der Waals surface area (Å²) in [7, 11) is 0. The lowest BCUT2D eigenvalue weighted by atomic mass is 9.82. The highest BCUT2D eigenvalue weighted by Crippen LogP contribution is 2.41. The predicted octanol–water partition coefficient (Wildman–Crippen LogP) is 3.19. The second-order valence-corrected chi connectivity index (χ2v) is 5.63. The van der Waals surface area contributed by atoms with E-state index in [1.165, 1.54) is 45.1 Å². The molecule has 0 aromatic heterocycles. The Bertz CT molecular complexity index is 254. The second-order valence-electron chi connectivity index (χ2n) is 5.63. The summed E-state index contributed by atoms with van der Waals surface area (Å²) in [4.78, 5) is 2.74. The molecule has 90 valence electrons. The minimum absolute atomic E-state index is 0.261. The van der Waals surface area contributed by atoms with Gasteiger partial charge in [0.15, 0.2) is 0 Å². The Morgan fingerprint density at radius 1 is 1.31 bits per heavy atom. The van der Waals surface area contributed by atoms with Gasteiger partial charge in [-0.3, -0.25) is 4.90 Å². The lowest BCUT2D eigenvalue weighted by molar-refractivity contribution is 0.0900. The van der Waals surface area contributed by atoms with E-state index in [2.05, 4.69) is 24.8 Å². The zero-order valence-electron chi connectivity index (χ0n) is 10.7. The van der Waals surface area contributed by atoms with Gasteiger partial charge >= 0.3 is 0 Å². The number of unbranched alkanes of at least 4 members (excludes halogenated alkanes) is 1. The Hall–Kier alpha value is -0.550. The van der Waals surface area contributed by atoms with E-state index >= 15 is 0 Å². The van der Waals surface area contributed by atoms with Crippen molar-refractivity contribution in [2.45, 2.75) is 64.5 Å². The maximum absolute atomic E-state index is 9.02. The van der Waals surface area contributed by atoms with Gasteiger partial charge in [-0.2, -0.15) is 5.26 Å². The maximum atomic E-state index is 9.02.